The lowest BCUT2D eigenvalue weighted by atomic mass is 9.99. The van der Waals surface area contributed by atoms with Crippen LogP contribution in [-0.2, 0) is 22.3 Å². The number of amides is 2. The molecule has 1 aliphatic heterocycles. The van der Waals surface area contributed by atoms with E-state index < -0.39 is 23.9 Å². The summed E-state index contributed by atoms with van der Waals surface area (Å²) >= 11 is 1.32. The van der Waals surface area contributed by atoms with Crippen LogP contribution in [-0.4, -0.2) is 41.1 Å². The number of alkyl halides is 3. The predicted molar refractivity (Wildman–Crippen MR) is 120 cm³/mol. The number of rotatable bonds is 6. The summed E-state index contributed by atoms with van der Waals surface area (Å²) < 4.78 is 43.8. The lowest BCUT2D eigenvalue weighted by Crippen LogP contribution is -2.51. The summed E-state index contributed by atoms with van der Waals surface area (Å²) in [6, 6.07) is 13.9. The van der Waals surface area contributed by atoms with E-state index in [0.717, 1.165) is 12.1 Å². The quantitative estimate of drug-likeness (QED) is 0.534. The molecule has 178 valence electrons. The zero-order valence-corrected chi connectivity index (χ0v) is 18.6. The molecule has 0 bridgehead atoms. The van der Waals surface area contributed by atoms with Crippen molar-refractivity contribution in [3.63, 3.8) is 0 Å². The molecule has 34 heavy (non-hydrogen) atoms. The average Bonchev–Trinajstić information content (AvgIpc) is 3.35. The maximum atomic E-state index is 12.8. The standard InChI is InChI=1S/C24H21F3N2O4S/c25-24(26,27)17-7-3-15(4-8-17)12-29-19(13-33-14-21(29)30)22(31)16-5-9-18(10-6-16)28-23(32)20-2-1-11-34-20/h1-11,19,22,31H,12-14H2,(H,28,32). The molecule has 2 amide bonds. The number of thiophene rings is 1. The molecule has 0 spiro atoms. The number of aliphatic hydroxyl groups is 1. The van der Waals surface area contributed by atoms with Crippen LogP contribution in [0.1, 0.15) is 32.5 Å². The van der Waals surface area contributed by atoms with Crippen LogP contribution >= 0.6 is 11.3 Å². The highest BCUT2D eigenvalue weighted by Crippen LogP contribution is 2.30. The van der Waals surface area contributed by atoms with Crippen LogP contribution in [0.3, 0.4) is 0 Å². The van der Waals surface area contributed by atoms with E-state index in [2.05, 4.69) is 5.32 Å². The van der Waals surface area contributed by atoms with Crippen LogP contribution in [0, 0.1) is 0 Å². The van der Waals surface area contributed by atoms with E-state index >= 15 is 0 Å². The van der Waals surface area contributed by atoms with E-state index in [1.54, 1.807) is 41.8 Å². The zero-order chi connectivity index (χ0) is 24.3. The summed E-state index contributed by atoms with van der Waals surface area (Å²) in [7, 11) is 0. The summed E-state index contributed by atoms with van der Waals surface area (Å²) in [4.78, 5) is 26.7. The van der Waals surface area contributed by atoms with Crippen LogP contribution in [0.25, 0.3) is 0 Å². The monoisotopic (exact) mass is 490 g/mol. The number of carbonyl (C=O) groups excluding carboxylic acids is 2. The summed E-state index contributed by atoms with van der Waals surface area (Å²) in [5, 5.41) is 15.6. The van der Waals surface area contributed by atoms with Crippen molar-refractivity contribution in [2.45, 2.75) is 24.9 Å². The molecule has 6 nitrogen and oxygen atoms in total. The van der Waals surface area contributed by atoms with Crippen molar-refractivity contribution in [2.75, 3.05) is 18.5 Å². The van der Waals surface area contributed by atoms with E-state index in [0.29, 0.717) is 21.7 Å². The number of hydrogen-bond donors (Lipinski definition) is 2. The Morgan fingerprint density at radius 2 is 1.85 bits per heavy atom. The van der Waals surface area contributed by atoms with Gasteiger partial charge in [0.15, 0.2) is 0 Å². The lowest BCUT2D eigenvalue weighted by molar-refractivity contribution is -0.155. The molecule has 2 aromatic carbocycles. The van der Waals surface area contributed by atoms with Gasteiger partial charge < -0.3 is 20.1 Å². The van der Waals surface area contributed by atoms with Gasteiger partial charge in [0.25, 0.3) is 5.91 Å². The number of carbonyl (C=O) groups is 2. The van der Waals surface area contributed by atoms with Crippen LogP contribution in [0.15, 0.2) is 66.0 Å². The molecule has 1 saturated heterocycles. The fourth-order valence-corrected chi connectivity index (χ4v) is 4.29. The van der Waals surface area contributed by atoms with Gasteiger partial charge in [-0.25, -0.2) is 0 Å². The van der Waals surface area contributed by atoms with E-state index in [1.807, 2.05) is 0 Å². The molecular weight excluding hydrogens is 469 g/mol. The Labute approximate surface area is 197 Å². The Balaban J connectivity index is 1.46. The number of nitrogens with zero attached hydrogens (tertiary/aromatic N) is 1. The van der Waals surface area contributed by atoms with Crippen molar-refractivity contribution in [2.24, 2.45) is 0 Å². The van der Waals surface area contributed by atoms with Gasteiger partial charge in [-0.15, -0.1) is 11.3 Å². The Bertz CT molecular complexity index is 1130. The fraction of sp³-hybridized carbons (Fsp3) is 0.250. The van der Waals surface area contributed by atoms with Gasteiger partial charge in [-0.05, 0) is 46.8 Å². The third kappa shape index (κ3) is 5.46. The van der Waals surface area contributed by atoms with Crippen LogP contribution in [0.5, 0.6) is 0 Å². The van der Waals surface area contributed by atoms with Gasteiger partial charge >= 0.3 is 6.18 Å². The number of aliphatic hydroxyl groups excluding tert-OH is 1. The smallest absolute Gasteiger partial charge is 0.386 e. The number of morpholine rings is 1. The molecule has 2 unspecified atom stereocenters. The average molecular weight is 491 g/mol. The highest BCUT2D eigenvalue weighted by atomic mass is 32.1. The Morgan fingerprint density at radius 3 is 2.47 bits per heavy atom. The van der Waals surface area contributed by atoms with Crippen LogP contribution in [0.4, 0.5) is 18.9 Å². The number of hydrogen-bond acceptors (Lipinski definition) is 5. The van der Waals surface area contributed by atoms with Gasteiger partial charge in [0.2, 0.25) is 5.91 Å². The Hall–Kier alpha value is -3.21. The molecule has 0 radical (unpaired) electrons. The van der Waals surface area contributed by atoms with Crippen LogP contribution < -0.4 is 5.32 Å². The molecule has 0 saturated carbocycles. The molecule has 4 rings (SSSR count). The second-order valence-corrected chi connectivity index (χ2v) is 8.74. The van der Waals surface area contributed by atoms with Gasteiger partial charge in [0.05, 0.1) is 23.1 Å². The minimum atomic E-state index is -4.44. The first-order chi connectivity index (χ1) is 16.2. The molecule has 0 aliphatic carbocycles. The molecule has 3 aromatic rings. The van der Waals surface area contributed by atoms with Gasteiger partial charge in [-0.2, -0.15) is 13.2 Å². The molecular formula is C24H21F3N2O4S. The van der Waals surface area contributed by atoms with Crippen molar-refractivity contribution in [1.82, 2.24) is 4.90 Å². The summed E-state index contributed by atoms with van der Waals surface area (Å²) in [5.41, 5.74) is 0.793. The Morgan fingerprint density at radius 1 is 1.15 bits per heavy atom. The molecule has 2 N–H and O–H groups in total. The fourth-order valence-electron chi connectivity index (χ4n) is 3.67. The first kappa shape index (κ1) is 23.9. The number of benzene rings is 2. The maximum Gasteiger partial charge on any atom is 0.416 e. The van der Waals surface area contributed by atoms with Crippen LogP contribution in [0.2, 0.25) is 0 Å². The molecule has 1 aliphatic rings. The van der Waals surface area contributed by atoms with E-state index in [4.69, 9.17) is 4.74 Å². The highest BCUT2D eigenvalue weighted by Gasteiger charge is 2.35. The number of ether oxygens (including phenoxy) is 1. The predicted octanol–water partition coefficient (Wildman–Crippen LogP) is 4.48. The van der Waals surface area contributed by atoms with Crippen molar-refractivity contribution < 1.29 is 32.6 Å². The molecule has 1 aromatic heterocycles. The first-order valence-electron chi connectivity index (χ1n) is 10.4. The molecule has 1 fully saturated rings. The first-order valence-corrected chi connectivity index (χ1v) is 11.3. The normalized spacial score (nSPS) is 17.5. The molecule has 10 heteroatoms. The highest BCUT2D eigenvalue weighted by molar-refractivity contribution is 7.12. The third-order valence-corrected chi connectivity index (χ3v) is 6.36. The van der Waals surface area contributed by atoms with Crippen molar-refractivity contribution in [3.05, 3.63) is 87.6 Å². The molecule has 2 atom stereocenters. The number of anilines is 1. The third-order valence-electron chi connectivity index (χ3n) is 5.49. The minimum absolute atomic E-state index is 0.0387. The SMILES string of the molecule is O=C(Nc1ccc(C(O)C2COCC(=O)N2Cc2ccc(C(F)(F)F)cc2)cc1)c1cccs1. The topological polar surface area (TPSA) is 78.9 Å². The van der Waals surface area contributed by atoms with Gasteiger partial charge in [0, 0.05) is 12.2 Å². The zero-order valence-electron chi connectivity index (χ0n) is 17.8. The largest absolute Gasteiger partial charge is 0.416 e. The van der Waals surface area contributed by atoms with E-state index in [1.165, 1.54) is 28.4 Å². The van der Waals surface area contributed by atoms with Crippen molar-refractivity contribution in [1.29, 1.82) is 0 Å². The van der Waals surface area contributed by atoms with E-state index in [-0.39, 0.29) is 31.6 Å². The molecule has 2 heterocycles. The summed E-state index contributed by atoms with van der Waals surface area (Å²) in [5.74, 6) is -0.604. The van der Waals surface area contributed by atoms with Gasteiger partial charge in [0.1, 0.15) is 12.7 Å². The number of halogens is 3. The summed E-state index contributed by atoms with van der Waals surface area (Å²) in [6.45, 7) is -0.0566. The van der Waals surface area contributed by atoms with Gasteiger partial charge in [-0.1, -0.05) is 30.3 Å². The van der Waals surface area contributed by atoms with E-state index in [9.17, 15) is 27.9 Å². The second kappa shape index (κ2) is 9.96. The maximum absolute atomic E-state index is 12.8. The lowest BCUT2D eigenvalue weighted by Gasteiger charge is -2.38. The second-order valence-electron chi connectivity index (χ2n) is 7.80. The minimum Gasteiger partial charge on any atom is -0.386 e. The van der Waals surface area contributed by atoms with Crippen molar-refractivity contribution >= 4 is 28.8 Å². The van der Waals surface area contributed by atoms with Gasteiger partial charge in [-0.3, -0.25) is 9.59 Å². The summed E-state index contributed by atoms with van der Waals surface area (Å²) in [6.07, 6.45) is -5.54. The Kier molecular flexibility index (Phi) is 7.01. The van der Waals surface area contributed by atoms with Crippen molar-refractivity contribution in [3.8, 4) is 0 Å². The number of nitrogens with one attached hydrogen (secondary N) is 1.